The Morgan fingerprint density at radius 2 is 2.42 bits per heavy atom. The summed E-state index contributed by atoms with van der Waals surface area (Å²) >= 11 is 0. The normalized spacial score (nSPS) is 21.6. The van der Waals surface area contributed by atoms with Gasteiger partial charge in [0.2, 0.25) is 5.91 Å². The summed E-state index contributed by atoms with van der Waals surface area (Å²) in [6, 6.07) is 0. The smallest absolute Gasteiger partial charge is 0.426 e. The summed E-state index contributed by atoms with van der Waals surface area (Å²) in [4.78, 5) is 12.4. The topological polar surface area (TPSA) is 86.8 Å². The summed E-state index contributed by atoms with van der Waals surface area (Å²) in [5, 5.41) is 17.7. The molecule has 0 aliphatic carbocycles. The van der Waals surface area contributed by atoms with Crippen molar-refractivity contribution in [2.45, 2.75) is 5.94 Å². The van der Waals surface area contributed by atoms with Gasteiger partial charge in [0.05, 0.1) is 12.5 Å². The van der Waals surface area contributed by atoms with Crippen molar-refractivity contribution < 1.29 is 14.8 Å². The van der Waals surface area contributed by atoms with Crippen LogP contribution in [0.3, 0.4) is 0 Å². The number of rotatable bonds is 2. The Morgan fingerprint density at radius 1 is 1.75 bits per heavy atom. The molecule has 1 rings (SSSR count). The number of carbonyl (C=O) groups is 1. The van der Waals surface area contributed by atoms with Crippen LogP contribution in [-0.2, 0) is 4.79 Å². The zero-order chi connectivity index (χ0) is 9.14. The van der Waals surface area contributed by atoms with Gasteiger partial charge in [-0.1, -0.05) is 12.2 Å². The van der Waals surface area contributed by atoms with Gasteiger partial charge < -0.3 is 20.7 Å². The lowest BCUT2D eigenvalue weighted by molar-refractivity contribution is -0.129. The Balaban J connectivity index is 2.62. The van der Waals surface area contributed by atoms with Crippen LogP contribution >= 0.6 is 0 Å². The molecule has 1 heterocycles. The van der Waals surface area contributed by atoms with Crippen molar-refractivity contribution in [1.29, 1.82) is 0 Å². The van der Waals surface area contributed by atoms with E-state index >= 15 is 0 Å². The Labute approximate surface area is 70.6 Å². The first-order chi connectivity index (χ1) is 5.66. The van der Waals surface area contributed by atoms with Crippen molar-refractivity contribution in [3.05, 3.63) is 12.2 Å². The molecule has 0 aromatic carbocycles. The summed E-state index contributed by atoms with van der Waals surface area (Å²) in [5.41, 5.74) is 5.13. The summed E-state index contributed by atoms with van der Waals surface area (Å²) in [7, 11) is -1.53. The standard InChI is InChI=1S/C6H11BN2O3/c8-4-6(10)9-3-1-2-5(9)7(11)12/h1-2,5,11-12H,3-4,8H2. The first-order valence-corrected chi connectivity index (χ1v) is 3.69. The van der Waals surface area contributed by atoms with E-state index in [9.17, 15) is 4.79 Å². The highest BCUT2D eigenvalue weighted by Gasteiger charge is 2.32. The maximum Gasteiger partial charge on any atom is 0.479 e. The molecule has 0 bridgehead atoms. The minimum atomic E-state index is -1.53. The second-order valence-electron chi connectivity index (χ2n) is 2.58. The number of nitrogens with two attached hydrogens (primary N) is 1. The van der Waals surface area contributed by atoms with Crippen LogP contribution < -0.4 is 5.73 Å². The molecule has 5 nitrogen and oxygen atoms in total. The fourth-order valence-electron chi connectivity index (χ4n) is 1.19. The summed E-state index contributed by atoms with van der Waals surface area (Å²) in [6.07, 6.45) is 3.29. The molecule has 0 radical (unpaired) electrons. The highest BCUT2D eigenvalue weighted by atomic mass is 16.4. The lowest BCUT2D eigenvalue weighted by Crippen LogP contribution is -2.47. The van der Waals surface area contributed by atoms with Gasteiger partial charge in [-0.3, -0.25) is 4.79 Å². The average Bonchev–Trinajstić information content (AvgIpc) is 2.50. The van der Waals surface area contributed by atoms with Crippen LogP contribution in [0.4, 0.5) is 0 Å². The molecular weight excluding hydrogens is 159 g/mol. The first-order valence-electron chi connectivity index (χ1n) is 3.69. The summed E-state index contributed by atoms with van der Waals surface area (Å²) < 4.78 is 0. The molecule has 1 unspecified atom stereocenters. The van der Waals surface area contributed by atoms with Gasteiger partial charge in [0.15, 0.2) is 0 Å². The molecule has 0 spiro atoms. The quantitative estimate of drug-likeness (QED) is 0.322. The minimum Gasteiger partial charge on any atom is -0.426 e. The number of hydrogen-bond acceptors (Lipinski definition) is 4. The van der Waals surface area contributed by atoms with E-state index in [1.807, 2.05) is 0 Å². The van der Waals surface area contributed by atoms with Crippen molar-refractivity contribution in [3.63, 3.8) is 0 Å². The second-order valence-corrected chi connectivity index (χ2v) is 2.58. The zero-order valence-electron chi connectivity index (χ0n) is 6.55. The van der Waals surface area contributed by atoms with Crippen molar-refractivity contribution in [1.82, 2.24) is 4.90 Å². The van der Waals surface area contributed by atoms with Gasteiger partial charge in [-0.2, -0.15) is 0 Å². The second kappa shape index (κ2) is 3.71. The molecule has 4 N–H and O–H groups in total. The van der Waals surface area contributed by atoms with Crippen molar-refractivity contribution >= 4 is 13.0 Å². The molecule has 0 saturated carbocycles. The fraction of sp³-hybridized carbons (Fsp3) is 0.500. The van der Waals surface area contributed by atoms with E-state index in [2.05, 4.69) is 0 Å². The molecule has 6 heteroatoms. The monoisotopic (exact) mass is 170 g/mol. The Kier molecular flexibility index (Phi) is 2.85. The van der Waals surface area contributed by atoms with Gasteiger partial charge in [0, 0.05) is 6.54 Å². The van der Waals surface area contributed by atoms with E-state index in [-0.39, 0.29) is 12.5 Å². The Bertz CT molecular complexity index is 207. The number of hydrogen-bond donors (Lipinski definition) is 3. The third-order valence-electron chi connectivity index (χ3n) is 1.80. The Morgan fingerprint density at radius 3 is 2.92 bits per heavy atom. The van der Waals surface area contributed by atoms with Gasteiger partial charge in [0.25, 0.3) is 0 Å². The van der Waals surface area contributed by atoms with E-state index < -0.39 is 13.1 Å². The van der Waals surface area contributed by atoms with Gasteiger partial charge in [0.1, 0.15) is 0 Å². The SMILES string of the molecule is NCC(=O)N1CC=CC1B(O)O. The van der Waals surface area contributed by atoms with Gasteiger partial charge >= 0.3 is 7.12 Å². The molecule has 1 amide bonds. The highest BCUT2D eigenvalue weighted by Crippen LogP contribution is 2.09. The van der Waals surface area contributed by atoms with Crippen LogP contribution in [0.5, 0.6) is 0 Å². The number of amides is 1. The lowest BCUT2D eigenvalue weighted by Gasteiger charge is -2.22. The maximum absolute atomic E-state index is 11.1. The number of carbonyl (C=O) groups excluding carboxylic acids is 1. The molecule has 0 aromatic heterocycles. The van der Waals surface area contributed by atoms with E-state index in [0.717, 1.165) is 0 Å². The molecule has 12 heavy (non-hydrogen) atoms. The molecule has 1 aliphatic rings. The zero-order valence-corrected chi connectivity index (χ0v) is 6.55. The van der Waals surface area contributed by atoms with E-state index in [0.29, 0.717) is 6.54 Å². The van der Waals surface area contributed by atoms with Gasteiger partial charge in [-0.15, -0.1) is 0 Å². The van der Waals surface area contributed by atoms with Crippen molar-refractivity contribution in [2.75, 3.05) is 13.1 Å². The van der Waals surface area contributed by atoms with Crippen LogP contribution in [0.15, 0.2) is 12.2 Å². The van der Waals surface area contributed by atoms with Crippen LogP contribution in [0.1, 0.15) is 0 Å². The van der Waals surface area contributed by atoms with Crippen LogP contribution in [0.25, 0.3) is 0 Å². The third kappa shape index (κ3) is 1.66. The third-order valence-corrected chi connectivity index (χ3v) is 1.80. The van der Waals surface area contributed by atoms with Gasteiger partial charge in [-0.25, -0.2) is 0 Å². The summed E-state index contributed by atoms with van der Waals surface area (Å²) in [5.74, 6) is -0.917. The van der Waals surface area contributed by atoms with Crippen molar-refractivity contribution in [2.24, 2.45) is 5.73 Å². The largest absolute Gasteiger partial charge is 0.479 e. The van der Waals surface area contributed by atoms with Crippen molar-refractivity contribution in [3.8, 4) is 0 Å². The first kappa shape index (κ1) is 9.24. The molecule has 1 atom stereocenters. The maximum atomic E-state index is 11.1. The molecule has 0 saturated heterocycles. The molecule has 0 fully saturated rings. The summed E-state index contributed by atoms with van der Waals surface area (Å²) in [6.45, 7) is 0.295. The van der Waals surface area contributed by atoms with Crippen LogP contribution in [-0.4, -0.2) is 47.0 Å². The van der Waals surface area contributed by atoms with E-state index in [1.54, 1.807) is 12.2 Å². The Hall–Kier alpha value is -0.845. The van der Waals surface area contributed by atoms with E-state index in [1.165, 1.54) is 4.90 Å². The minimum absolute atomic E-state index is 0.106. The van der Waals surface area contributed by atoms with Gasteiger partial charge in [-0.05, 0) is 0 Å². The average molecular weight is 170 g/mol. The fourth-order valence-corrected chi connectivity index (χ4v) is 1.19. The van der Waals surface area contributed by atoms with Crippen LogP contribution in [0, 0.1) is 0 Å². The van der Waals surface area contributed by atoms with E-state index in [4.69, 9.17) is 15.8 Å². The number of nitrogens with zero attached hydrogens (tertiary/aromatic N) is 1. The molecule has 66 valence electrons. The molecule has 1 aliphatic heterocycles. The van der Waals surface area contributed by atoms with Crippen LogP contribution in [0.2, 0.25) is 0 Å². The highest BCUT2D eigenvalue weighted by molar-refractivity contribution is 6.44. The predicted octanol–water partition coefficient (Wildman–Crippen LogP) is -2.28. The molecular formula is C6H11BN2O3. The lowest BCUT2D eigenvalue weighted by atomic mass is 9.79. The molecule has 0 aromatic rings. The predicted molar refractivity (Wildman–Crippen MR) is 43.9 cm³/mol.